The quantitative estimate of drug-likeness (QED) is 0.802. The van der Waals surface area contributed by atoms with E-state index in [-0.39, 0.29) is 6.54 Å². The van der Waals surface area contributed by atoms with Crippen LogP contribution in [0.15, 0.2) is 36.4 Å². The minimum absolute atomic E-state index is 0.223. The Morgan fingerprint density at radius 3 is 2.40 bits per heavy atom. The zero-order valence-electron chi connectivity index (χ0n) is 13.6. The molecule has 0 radical (unpaired) electrons. The number of anilines is 1. The summed E-state index contributed by atoms with van der Waals surface area (Å²) in [7, 11) is 2.92. The third-order valence-electron chi connectivity index (χ3n) is 3.24. The first-order valence-electron chi connectivity index (χ1n) is 7.19. The molecule has 0 atom stereocenters. The molecule has 2 aromatic rings. The predicted molar refractivity (Wildman–Crippen MR) is 97.0 cm³/mol. The molecule has 6 nitrogen and oxygen atoms in total. The van der Waals surface area contributed by atoms with Gasteiger partial charge in [-0.25, -0.2) is 0 Å². The second-order valence-corrected chi connectivity index (χ2v) is 5.77. The van der Waals surface area contributed by atoms with Crippen molar-refractivity contribution in [3.05, 3.63) is 52.0 Å². The first-order valence-corrected chi connectivity index (χ1v) is 7.95. The monoisotopic (exact) mass is 382 g/mol. The van der Waals surface area contributed by atoms with Gasteiger partial charge in [0.15, 0.2) is 0 Å². The Morgan fingerprint density at radius 2 is 1.76 bits per heavy atom. The van der Waals surface area contributed by atoms with Crippen LogP contribution >= 0.6 is 23.2 Å². The maximum Gasteiger partial charge on any atom is 0.251 e. The fraction of sp³-hybridized carbons (Fsp3) is 0.176. The molecular formula is C17H16Cl2N2O4. The predicted octanol–water partition coefficient (Wildman–Crippen LogP) is 3.38. The van der Waals surface area contributed by atoms with Crippen LogP contribution in [0, 0.1) is 0 Å². The molecule has 0 unspecified atom stereocenters. The van der Waals surface area contributed by atoms with E-state index >= 15 is 0 Å². The second-order valence-electron chi connectivity index (χ2n) is 4.93. The summed E-state index contributed by atoms with van der Waals surface area (Å²) in [5, 5.41) is 5.95. The number of methoxy groups -OCH3 is 2. The van der Waals surface area contributed by atoms with Crippen LogP contribution in [0.5, 0.6) is 11.5 Å². The molecule has 2 N–H and O–H groups in total. The van der Waals surface area contributed by atoms with Crippen LogP contribution in [-0.2, 0) is 4.79 Å². The summed E-state index contributed by atoms with van der Waals surface area (Å²) in [5.41, 5.74) is 0.747. The van der Waals surface area contributed by atoms with Gasteiger partial charge in [-0.15, -0.1) is 0 Å². The maximum absolute atomic E-state index is 12.1. The molecule has 0 fully saturated rings. The van der Waals surface area contributed by atoms with E-state index in [2.05, 4.69) is 10.6 Å². The van der Waals surface area contributed by atoms with Gasteiger partial charge in [0.25, 0.3) is 5.91 Å². The highest BCUT2D eigenvalue weighted by Gasteiger charge is 2.14. The standard InChI is InChI=1S/C17H16Cl2N2O4/c1-24-14-8-13(15(25-2)7-12(14)19)21-16(22)9-20-17(23)10-4-3-5-11(18)6-10/h3-8H,9H2,1-2H3,(H,20,23)(H,21,22). The maximum atomic E-state index is 12.1. The fourth-order valence-electron chi connectivity index (χ4n) is 2.04. The number of carbonyl (C=O) groups is 2. The number of benzene rings is 2. The Bertz CT molecular complexity index is 796. The summed E-state index contributed by atoms with van der Waals surface area (Å²) in [6.45, 7) is -0.223. The molecule has 0 aromatic heterocycles. The van der Waals surface area contributed by atoms with E-state index in [0.717, 1.165) is 0 Å². The van der Waals surface area contributed by atoms with Crippen molar-refractivity contribution in [3.63, 3.8) is 0 Å². The van der Waals surface area contributed by atoms with Gasteiger partial charge in [0.05, 0.1) is 31.5 Å². The highest BCUT2D eigenvalue weighted by Crippen LogP contribution is 2.35. The number of ether oxygens (including phenoxy) is 2. The largest absolute Gasteiger partial charge is 0.495 e. The Kier molecular flexibility index (Phi) is 6.50. The third-order valence-corrected chi connectivity index (χ3v) is 3.77. The molecule has 0 spiro atoms. The molecule has 0 aliphatic carbocycles. The van der Waals surface area contributed by atoms with Crippen LogP contribution in [0.2, 0.25) is 10.0 Å². The van der Waals surface area contributed by atoms with Crippen molar-refractivity contribution >= 4 is 40.7 Å². The topological polar surface area (TPSA) is 76.7 Å². The highest BCUT2D eigenvalue weighted by atomic mass is 35.5. The Labute approximate surface area is 155 Å². The van der Waals surface area contributed by atoms with E-state index in [1.54, 1.807) is 18.2 Å². The summed E-state index contributed by atoms with van der Waals surface area (Å²) >= 11 is 11.9. The van der Waals surface area contributed by atoms with Crippen molar-refractivity contribution in [1.82, 2.24) is 5.32 Å². The minimum atomic E-state index is -0.432. The lowest BCUT2D eigenvalue weighted by molar-refractivity contribution is -0.115. The zero-order valence-corrected chi connectivity index (χ0v) is 15.1. The smallest absolute Gasteiger partial charge is 0.251 e. The molecule has 0 aliphatic rings. The van der Waals surface area contributed by atoms with Crippen molar-refractivity contribution < 1.29 is 19.1 Å². The van der Waals surface area contributed by atoms with E-state index in [9.17, 15) is 9.59 Å². The first kappa shape index (κ1) is 18.9. The number of carbonyl (C=O) groups excluding carboxylic acids is 2. The molecule has 2 aromatic carbocycles. The number of rotatable bonds is 6. The van der Waals surface area contributed by atoms with Gasteiger partial charge in [0.2, 0.25) is 5.91 Å². The third kappa shape index (κ3) is 5.01. The summed E-state index contributed by atoms with van der Waals surface area (Å²) in [6.07, 6.45) is 0. The number of amides is 2. The van der Waals surface area contributed by atoms with Gasteiger partial charge in [0.1, 0.15) is 11.5 Å². The molecule has 0 heterocycles. The molecule has 8 heteroatoms. The molecule has 0 aliphatic heterocycles. The normalized spacial score (nSPS) is 10.1. The van der Waals surface area contributed by atoms with Crippen LogP contribution in [0.1, 0.15) is 10.4 Å². The lowest BCUT2D eigenvalue weighted by Crippen LogP contribution is -2.32. The average Bonchev–Trinajstić information content (AvgIpc) is 2.60. The lowest BCUT2D eigenvalue weighted by atomic mass is 10.2. The molecule has 132 valence electrons. The van der Waals surface area contributed by atoms with Crippen LogP contribution in [0.3, 0.4) is 0 Å². The van der Waals surface area contributed by atoms with Crippen LogP contribution in [0.25, 0.3) is 0 Å². The summed E-state index contributed by atoms with van der Waals surface area (Å²) < 4.78 is 10.3. The van der Waals surface area contributed by atoms with Crippen LogP contribution in [-0.4, -0.2) is 32.6 Å². The Hall–Kier alpha value is -2.44. The van der Waals surface area contributed by atoms with Gasteiger partial charge < -0.3 is 20.1 Å². The number of hydrogen-bond acceptors (Lipinski definition) is 4. The lowest BCUT2D eigenvalue weighted by Gasteiger charge is -2.13. The van der Waals surface area contributed by atoms with Crippen molar-refractivity contribution in [1.29, 1.82) is 0 Å². The minimum Gasteiger partial charge on any atom is -0.495 e. The number of nitrogens with one attached hydrogen (secondary N) is 2. The SMILES string of the molecule is COc1cc(NC(=O)CNC(=O)c2cccc(Cl)c2)c(OC)cc1Cl. The van der Waals surface area contributed by atoms with Gasteiger partial charge in [-0.3, -0.25) is 9.59 Å². The second kappa shape index (κ2) is 8.60. The highest BCUT2D eigenvalue weighted by molar-refractivity contribution is 6.32. The number of halogens is 2. The van der Waals surface area contributed by atoms with Crippen molar-refractivity contribution in [2.45, 2.75) is 0 Å². The molecular weight excluding hydrogens is 367 g/mol. The van der Waals surface area contributed by atoms with Gasteiger partial charge in [-0.05, 0) is 18.2 Å². The van der Waals surface area contributed by atoms with Gasteiger partial charge in [-0.2, -0.15) is 0 Å². The summed E-state index contributed by atoms with van der Waals surface area (Å²) in [6, 6.07) is 9.50. The van der Waals surface area contributed by atoms with Gasteiger partial charge >= 0.3 is 0 Å². The van der Waals surface area contributed by atoms with Crippen molar-refractivity contribution in [2.75, 3.05) is 26.1 Å². The van der Waals surface area contributed by atoms with E-state index in [1.807, 2.05) is 0 Å². The molecule has 0 bridgehead atoms. The Morgan fingerprint density at radius 1 is 1.04 bits per heavy atom. The van der Waals surface area contributed by atoms with Crippen LogP contribution < -0.4 is 20.1 Å². The zero-order chi connectivity index (χ0) is 18.4. The van der Waals surface area contributed by atoms with E-state index in [0.29, 0.717) is 32.8 Å². The van der Waals surface area contributed by atoms with Crippen molar-refractivity contribution in [3.8, 4) is 11.5 Å². The number of hydrogen-bond donors (Lipinski definition) is 2. The van der Waals surface area contributed by atoms with Crippen molar-refractivity contribution in [2.24, 2.45) is 0 Å². The molecule has 25 heavy (non-hydrogen) atoms. The van der Waals surface area contributed by atoms with Gasteiger partial charge in [-0.1, -0.05) is 29.3 Å². The Balaban J connectivity index is 2.02. The first-order chi connectivity index (χ1) is 11.9. The molecule has 0 saturated heterocycles. The van der Waals surface area contributed by atoms with E-state index in [4.69, 9.17) is 32.7 Å². The summed E-state index contributed by atoms with van der Waals surface area (Å²) in [5.74, 6) is -0.0718. The molecule has 2 rings (SSSR count). The molecule has 2 amide bonds. The van der Waals surface area contributed by atoms with E-state index in [1.165, 1.54) is 32.4 Å². The fourth-order valence-corrected chi connectivity index (χ4v) is 2.47. The van der Waals surface area contributed by atoms with Gasteiger partial charge in [0, 0.05) is 22.7 Å². The average molecular weight is 383 g/mol. The van der Waals surface area contributed by atoms with Crippen LogP contribution in [0.4, 0.5) is 5.69 Å². The summed E-state index contributed by atoms with van der Waals surface area (Å²) in [4.78, 5) is 24.1. The molecule has 0 saturated carbocycles. The van der Waals surface area contributed by atoms with E-state index < -0.39 is 11.8 Å².